The van der Waals surface area contributed by atoms with Gasteiger partial charge in [-0.2, -0.15) is 0 Å². The van der Waals surface area contributed by atoms with Gasteiger partial charge in [0, 0.05) is 48.2 Å². The molecule has 4 rings (SSSR count). The zero-order valence-electron chi connectivity index (χ0n) is 22.1. The summed E-state index contributed by atoms with van der Waals surface area (Å²) in [6.07, 6.45) is 1.52. The number of carbonyl (C=O) groups is 3. The first-order chi connectivity index (χ1) is 19.3. The number of benzene rings is 3. The van der Waals surface area contributed by atoms with Crippen LogP contribution < -0.4 is 20.3 Å². The molecule has 0 unspecified atom stereocenters. The van der Waals surface area contributed by atoms with Gasteiger partial charge in [-0.3, -0.25) is 24.6 Å². The molecule has 11 nitrogen and oxygen atoms in total. The third kappa shape index (κ3) is 6.62. The molecule has 0 bridgehead atoms. The van der Waals surface area contributed by atoms with Crippen LogP contribution in [0.15, 0.2) is 78.5 Å². The number of imide groups is 1. The molecule has 0 atom stereocenters. The van der Waals surface area contributed by atoms with Crippen LogP contribution in [-0.2, 0) is 16.1 Å². The molecule has 40 heavy (non-hydrogen) atoms. The van der Waals surface area contributed by atoms with E-state index in [1.807, 2.05) is 50.2 Å². The van der Waals surface area contributed by atoms with Gasteiger partial charge in [-0.25, -0.2) is 4.79 Å². The molecule has 2 N–H and O–H groups in total. The summed E-state index contributed by atoms with van der Waals surface area (Å²) < 4.78 is 5.87. The molecule has 0 spiro atoms. The topological polar surface area (TPSA) is 134 Å². The van der Waals surface area contributed by atoms with Crippen LogP contribution in [0.4, 0.5) is 21.9 Å². The largest absolute Gasteiger partial charge is 0.483 e. The van der Waals surface area contributed by atoms with Gasteiger partial charge >= 0.3 is 6.03 Å². The van der Waals surface area contributed by atoms with E-state index in [4.69, 9.17) is 4.74 Å². The number of hydrogen-bond acceptors (Lipinski definition) is 7. The van der Waals surface area contributed by atoms with Crippen LogP contribution in [-0.4, -0.2) is 47.4 Å². The molecule has 1 aliphatic rings. The van der Waals surface area contributed by atoms with Crippen molar-refractivity contribution in [1.29, 1.82) is 0 Å². The van der Waals surface area contributed by atoms with Gasteiger partial charge in [-0.1, -0.05) is 36.4 Å². The van der Waals surface area contributed by atoms with Gasteiger partial charge in [0.2, 0.25) is 0 Å². The number of nitro groups is 1. The average Bonchev–Trinajstić information content (AvgIpc) is 3.21. The SMILES string of the molecule is CCN(CC)c1ccc(/C=C2/NC(=O)N(Cc3ccccc3)C2=O)c(OCC(=O)Nc2cccc([N+](=O)[O-])c2)c1. The summed E-state index contributed by atoms with van der Waals surface area (Å²) >= 11 is 0. The van der Waals surface area contributed by atoms with Crippen molar-refractivity contribution < 1.29 is 24.0 Å². The Hall–Kier alpha value is -5.19. The van der Waals surface area contributed by atoms with Crippen LogP contribution in [0, 0.1) is 10.1 Å². The highest BCUT2D eigenvalue weighted by Gasteiger charge is 2.33. The average molecular weight is 544 g/mol. The minimum Gasteiger partial charge on any atom is -0.483 e. The number of anilines is 2. The summed E-state index contributed by atoms with van der Waals surface area (Å²) in [5.41, 5.74) is 2.36. The number of ether oxygens (including phenoxy) is 1. The summed E-state index contributed by atoms with van der Waals surface area (Å²) in [5, 5.41) is 16.2. The van der Waals surface area contributed by atoms with Gasteiger partial charge in [0.05, 0.1) is 11.5 Å². The van der Waals surface area contributed by atoms with E-state index in [1.165, 1.54) is 30.3 Å². The van der Waals surface area contributed by atoms with Gasteiger partial charge in [0.15, 0.2) is 6.61 Å². The number of rotatable bonds is 11. The molecule has 1 saturated heterocycles. The Labute approximate surface area is 231 Å². The third-order valence-electron chi connectivity index (χ3n) is 6.27. The molecule has 206 valence electrons. The number of nitro benzene ring substituents is 1. The summed E-state index contributed by atoms with van der Waals surface area (Å²) in [5.74, 6) is -0.669. The maximum Gasteiger partial charge on any atom is 0.329 e. The van der Waals surface area contributed by atoms with Gasteiger partial charge in [0.1, 0.15) is 11.4 Å². The van der Waals surface area contributed by atoms with Gasteiger partial charge in [-0.15, -0.1) is 0 Å². The maximum absolute atomic E-state index is 13.1. The van der Waals surface area contributed by atoms with E-state index < -0.39 is 22.8 Å². The van der Waals surface area contributed by atoms with E-state index in [0.29, 0.717) is 11.3 Å². The molecule has 3 aromatic carbocycles. The Balaban J connectivity index is 1.55. The summed E-state index contributed by atoms with van der Waals surface area (Å²) in [6, 6.07) is 19.7. The first-order valence-corrected chi connectivity index (χ1v) is 12.7. The normalized spacial score (nSPS) is 13.8. The smallest absolute Gasteiger partial charge is 0.329 e. The highest BCUT2D eigenvalue weighted by molar-refractivity contribution is 6.14. The molecular weight excluding hydrogens is 514 g/mol. The summed E-state index contributed by atoms with van der Waals surface area (Å²) in [4.78, 5) is 51.9. The Morgan fingerprint density at radius 1 is 1.05 bits per heavy atom. The molecule has 1 aliphatic heterocycles. The van der Waals surface area contributed by atoms with E-state index in [1.54, 1.807) is 12.1 Å². The first-order valence-electron chi connectivity index (χ1n) is 12.7. The lowest BCUT2D eigenvalue weighted by Gasteiger charge is -2.22. The predicted molar refractivity (Wildman–Crippen MR) is 151 cm³/mol. The molecule has 0 saturated carbocycles. The van der Waals surface area contributed by atoms with Crippen LogP contribution in [0.25, 0.3) is 6.08 Å². The van der Waals surface area contributed by atoms with Crippen molar-refractivity contribution in [1.82, 2.24) is 10.2 Å². The second-order valence-electron chi connectivity index (χ2n) is 8.90. The summed E-state index contributed by atoms with van der Waals surface area (Å²) in [7, 11) is 0. The molecular formula is C29H29N5O6. The maximum atomic E-state index is 13.1. The molecule has 0 aliphatic carbocycles. The van der Waals surface area contributed by atoms with Crippen molar-refractivity contribution >= 4 is 41.0 Å². The molecule has 4 amide bonds. The molecule has 11 heteroatoms. The number of urea groups is 1. The first kappa shape index (κ1) is 27.8. The lowest BCUT2D eigenvalue weighted by Crippen LogP contribution is -2.30. The Morgan fingerprint density at radius 3 is 2.50 bits per heavy atom. The van der Waals surface area contributed by atoms with Gasteiger partial charge in [-0.05, 0) is 43.7 Å². The van der Waals surface area contributed by atoms with Crippen molar-refractivity contribution in [3.05, 3.63) is 99.7 Å². The predicted octanol–water partition coefficient (Wildman–Crippen LogP) is 4.55. The standard InChI is InChI=1S/C29H29N5O6/c1-3-32(4-2)23-14-13-21(15-25-28(36)33(29(37)31-25)18-20-9-6-5-7-10-20)26(17-23)40-19-27(35)30-22-11-8-12-24(16-22)34(38)39/h5-17H,3-4,18-19H2,1-2H3,(H,30,35)(H,31,37)/b25-15+. The van der Waals surface area contributed by atoms with Crippen LogP contribution >= 0.6 is 0 Å². The van der Waals surface area contributed by atoms with Crippen LogP contribution in [0.1, 0.15) is 25.0 Å². The van der Waals surface area contributed by atoms with Gasteiger partial charge < -0.3 is 20.3 Å². The minimum atomic E-state index is -0.547. The summed E-state index contributed by atoms with van der Waals surface area (Å²) in [6.45, 7) is 5.26. The molecule has 0 aromatic heterocycles. The fourth-order valence-corrected chi connectivity index (χ4v) is 4.23. The molecule has 1 fully saturated rings. The van der Waals surface area contributed by atoms with Crippen molar-refractivity contribution in [2.45, 2.75) is 20.4 Å². The van der Waals surface area contributed by atoms with E-state index in [-0.39, 0.29) is 30.2 Å². The number of non-ortho nitro benzene ring substituents is 1. The van der Waals surface area contributed by atoms with Gasteiger partial charge in [0.25, 0.3) is 17.5 Å². The fourth-order valence-electron chi connectivity index (χ4n) is 4.23. The molecule has 1 heterocycles. The second-order valence-corrected chi connectivity index (χ2v) is 8.90. The van der Waals surface area contributed by atoms with Crippen molar-refractivity contribution in [3.8, 4) is 5.75 Å². The van der Waals surface area contributed by atoms with Crippen molar-refractivity contribution in [2.75, 3.05) is 29.9 Å². The quantitative estimate of drug-likeness (QED) is 0.157. The van der Waals surface area contributed by atoms with E-state index in [9.17, 15) is 24.5 Å². The van der Waals surface area contributed by atoms with E-state index in [0.717, 1.165) is 29.2 Å². The van der Waals surface area contributed by atoms with Crippen molar-refractivity contribution in [3.63, 3.8) is 0 Å². The van der Waals surface area contributed by atoms with Crippen molar-refractivity contribution in [2.24, 2.45) is 0 Å². The number of hydrogen-bond donors (Lipinski definition) is 2. The zero-order chi connectivity index (χ0) is 28.6. The minimum absolute atomic E-state index is 0.0856. The number of amides is 4. The lowest BCUT2D eigenvalue weighted by atomic mass is 10.1. The van der Waals surface area contributed by atoms with E-state index in [2.05, 4.69) is 15.5 Å². The second kappa shape index (κ2) is 12.6. The number of nitrogens with one attached hydrogen (secondary N) is 2. The molecule has 0 radical (unpaired) electrons. The Kier molecular flexibility index (Phi) is 8.75. The monoisotopic (exact) mass is 543 g/mol. The zero-order valence-corrected chi connectivity index (χ0v) is 22.1. The lowest BCUT2D eigenvalue weighted by molar-refractivity contribution is -0.384. The molecule has 3 aromatic rings. The third-order valence-corrected chi connectivity index (χ3v) is 6.27. The Morgan fingerprint density at radius 2 is 1.80 bits per heavy atom. The van der Waals surface area contributed by atoms with E-state index >= 15 is 0 Å². The highest BCUT2D eigenvalue weighted by Crippen LogP contribution is 2.29. The highest BCUT2D eigenvalue weighted by atomic mass is 16.6. The van der Waals surface area contributed by atoms with Crippen LogP contribution in [0.2, 0.25) is 0 Å². The Bertz CT molecular complexity index is 1450. The number of nitrogens with zero attached hydrogens (tertiary/aromatic N) is 3. The van der Waals surface area contributed by atoms with Crippen LogP contribution in [0.5, 0.6) is 5.75 Å². The van der Waals surface area contributed by atoms with Crippen LogP contribution in [0.3, 0.4) is 0 Å². The fraction of sp³-hybridized carbons (Fsp3) is 0.207. The number of carbonyl (C=O) groups excluding carboxylic acids is 3.